The maximum absolute atomic E-state index is 12.9. The first-order valence-corrected chi connectivity index (χ1v) is 9.38. The third kappa shape index (κ3) is 3.75. The Bertz CT molecular complexity index is 697. The van der Waals surface area contributed by atoms with Gasteiger partial charge in [0.15, 0.2) is 0 Å². The van der Waals surface area contributed by atoms with Crippen molar-refractivity contribution >= 4 is 15.9 Å². The van der Waals surface area contributed by atoms with Crippen LogP contribution in [0.5, 0.6) is 0 Å². The second-order valence-corrected chi connectivity index (χ2v) is 9.22. The number of nitrogens with zero attached hydrogens (tertiary/aromatic N) is 1. The van der Waals surface area contributed by atoms with Crippen LogP contribution in [0.4, 0.5) is 0 Å². The number of benzene rings is 1. The Balaban J connectivity index is 2.26. The predicted molar refractivity (Wildman–Crippen MR) is 90.6 cm³/mol. The Morgan fingerprint density at radius 1 is 1.22 bits per heavy atom. The summed E-state index contributed by atoms with van der Waals surface area (Å²) in [4.78, 5) is 11.6. The van der Waals surface area contributed by atoms with Gasteiger partial charge in [-0.1, -0.05) is 32.9 Å². The molecule has 1 fully saturated rings. The summed E-state index contributed by atoms with van der Waals surface area (Å²) < 4.78 is 27.2. The smallest absolute Gasteiger partial charge is 0.243 e. The zero-order valence-corrected chi connectivity index (χ0v) is 15.1. The molecule has 6 heteroatoms. The molecule has 1 saturated heterocycles. The van der Waals surface area contributed by atoms with E-state index in [2.05, 4.69) is 20.8 Å². The SMILES string of the molecule is Cc1cc(C(C)(C)C)ccc1S(=O)(=O)N1CCC(C(N)=O)CC1. The average molecular weight is 338 g/mol. The second kappa shape index (κ2) is 6.24. The minimum atomic E-state index is -3.52. The lowest BCUT2D eigenvalue weighted by Gasteiger charge is -2.30. The summed E-state index contributed by atoms with van der Waals surface area (Å²) in [6.07, 6.45) is 0.987. The summed E-state index contributed by atoms with van der Waals surface area (Å²) in [5, 5.41) is 0. The van der Waals surface area contributed by atoms with Crippen molar-refractivity contribution in [3.63, 3.8) is 0 Å². The van der Waals surface area contributed by atoms with E-state index >= 15 is 0 Å². The largest absolute Gasteiger partial charge is 0.369 e. The Hall–Kier alpha value is -1.40. The molecule has 1 aromatic rings. The van der Waals surface area contributed by atoms with Crippen LogP contribution in [0.15, 0.2) is 23.1 Å². The lowest BCUT2D eigenvalue weighted by molar-refractivity contribution is -0.122. The monoisotopic (exact) mass is 338 g/mol. The van der Waals surface area contributed by atoms with Gasteiger partial charge in [-0.15, -0.1) is 0 Å². The number of sulfonamides is 1. The molecular weight excluding hydrogens is 312 g/mol. The summed E-state index contributed by atoms with van der Waals surface area (Å²) in [7, 11) is -3.52. The van der Waals surface area contributed by atoms with Crippen LogP contribution in [0.2, 0.25) is 0 Å². The molecule has 0 atom stereocenters. The molecule has 1 aliphatic rings. The molecule has 1 heterocycles. The van der Waals surface area contributed by atoms with Gasteiger partial charge < -0.3 is 5.73 Å². The minimum Gasteiger partial charge on any atom is -0.369 e. The van der Waals surface area contributed by atoms with Crippen LogP contribution in [0.25, 0.3) is 0 Å². The number of piperidine rings is 1. The van der Waals surface area contributed by atoms with Gasteiger partial charge in [-0.25, -0.2) is 8.42 Å². The fourth-order valence-corrected chi connectivity index (χ4v) is 4.60. The number of nitrogens with two attached hydrogens (primary N) is 1. The molecule has 0 unspecified atom stereocenters. The highest BCUT2D eigenvalue weighted by atomic mass is 32.2. The predicted octanol–water partition coefficient (Wildman–Crippen LogP) is 2.18. The number of primary amides is 1. The first-order chi connectivity index (χ1) is 10.5. The lowest BCUT2D eigenvalue weighted by atomic mass is 9.86. The standard InChI is InChI=1S/C17H26N2O3S/c1-12-11-14(17(2,3)4)5-6-15(12)23(21,22)19-9-7-13(8-10-19)16(18)20/h5-6,11,13H,7-10H2,1-4H3,(H2,18,20). The summed E-state index contributed by atoms with van der Waals surface area (Å²) in [5.41, 5.74) is 7.16. The van der Waals surface area contributed by atoms with Crippen molar-refractivity contribution in [1.82, 2.24) is 4.31 Å². The number of carbonyl (C=O) groups excluding carboxylic acids is 1. The summed E-state index contributed by atoms with van der Waals surface area (Å²) >= 11 is 0. The molecule has 0 radical (unpaired) electrons. The highest BCUT2D eigenvalue weighted by Crippen LogP contribution is 2.29. The van der Waals surface area contributed by atoms with Gasteiger partial charge in [0.25, 0.3) is 0 Å². The van der Waals surface area contributed by atoms with E-state index < -0.39 is 10.0 Å². The lowest BCUT2D eigenvalue weighted by Crippen LogP contribution is -2.41. The van der Waals surface area contributed by atoms with E-state index in [9.17, 15) is 13.2 Å². The van der Waals surface area contributed by atoms with Crippen molar-refractivity contribution in [2.75, 3.05) is 13.1 Å². The quantitative estimate of drug-likeness (QED) is 0.917. The molecule has 0 aliphatic carbocycles. The Kier molecular flexibility index (Phi) is 4.87. The summed E-state index contributed by atoms with van der Waals surface area (Å²) in [6, 6.07) is 5.53. The number of amides is 1. The highest BCUT2D eigenvalue weighted by molar-refractivity contribution is 7.89. The first-order valence-electron chi connectivity index (χ1n) is 7.94. The fraction of sp³-hybridized carbons (Fsp3) is 0.588. The molecular formula is C17H26N2O3S. The summed E-state index contributed by atoms with van der Waals surface area (Å²) in [6.45, 7) is 8.82. The van der Waals surface area contributed by atoms with Crippen molar-refractivity contribution in [2.45, 2.75) is 50.8 Å². The zero-order chi connectivity index (χ0) is 17.4. The highest BCUT2D eigenvalue weighted by Gasteiger charge is 2.32. The molecule has 23 heavy (non-hydrogen) atoms. The molecule has 0 aromatic heterocycles. The molecule has 5 nitrogen and oxygen atoms in total. The normalized spacial score (nSPS) is 18.1. The Morgan fingerprint density at radius 2 is 1.78 bits per heavy atom. The van der Waals surface area contributed by atoms with E-state index in [0.29, 0.717) is 30.8 Å². The maximum atomic E-state index is 12.9. The van der Waals surface area contributed by atoms with Crippen molar-refractivity contribution < 1.29 is 13.2 Å². The van der Waals surface area contributed by atoms with Gasteiger partial charge in [0.05, 0.1) is 4.90 Å². The van der Waals surface area contributed by atoms with E-state index in [1.807, 2.05) is 19.1 Å². The van der Waals surface area contributed by atoms with Crippen LogP contribution >= 0.6 is 0 Å². The Labute approximate surface area is 138 Å². The van der Waals surface area contributed by atoms with E-state index in [1.165, 1.54) is 4.31 Å². The van der Waals surface area contributed by atoms with Gasteiger partial charge in [0.2, 0.25) is 15.9 Å². The van der Waals surface area contributed by atoms with Crippen LogP contribution in [0, 0.1) is 12.8 Å². The van der Waals surface area contributed by atoms with E-state index in [1.54, 1.807) is 6.07 Å². The van der Waals surface area contributed by atoms with Crippen LogP contribution < -0.4 is 5.73 Å². The summed E-state index contributed by atoms with van der Waals surface area (Å²) in [5.74, 6) is -0.557. The van der Waals surface area contributed by atoms with Crippen molar-refractivity contribution in [2.24, 2.45) is 11.7 Å². The van der Waals surface area contributed by atoms with Gasteiger partial charge in [-0.05, 0) is 42.4 Å². The average Bonchev–Trinajstić information content (AvgIpc) is 2.46. The third-order valence-corrected chi connectivity index (χ3v) is 6.57. The molecule has 2 N–H and O–H groups in total. The molecule has 1 aromatic carbocycles. The molecule has 0 spiro atoms. The second-order valence-electron chi connectivity index (χ2n) is 7.31. The first kappa shape index (κ1) is 17.9. The number of hydrogen-bond acceptors (Lipinski definition) is 3. The van der Waals surface area contributed by atoms with Gasteiger partial charge in [0, 0.05) is 19.0 Å². The molecule has 128 valence electrons. The van der Waals surface area contributed by atoms with Gasteiger partial charge in [-0.2, -0.15) is 4.31 Å². The van der Waals surface area contributed by atoms with Crippen LogP contribution in [-0.2, 0) is 20.2 Å². The topological polar surface area (TPSA) is 80.5 Å². The molecule has 2 rings (SSSR count). The third-order valence-electron chi connectivity index (χ3n) is 4.52. The molecule has 0 saturated carbocycles. The number of aryl methyl sites for hydroxylation is 1. The number of rotatable bonds is 3. The van der Waals surface area contributed by atoms with Gasteiger partial charge >= 0.3 is 0 Å². The van der Waals surface area contributed by atoms with Crippen molar-refractivity contribution in [1.29, 1.82) is 0 Å². The van der Waals surface area contributed by atoms with Gasteiger partial charge in [0.1, 0.15) is 0 Å². The number of carbonyl (C=O) groups is 1. The van der Waals surface area contributed by atoms with E-state index in [0.717, 1.165) is 11.1 Å². The number of hydrogen-bond donors (Lipinski definition) is 1. The molecule has 1 amide bonds. The van der Waals surface area contributed by atoms with Crippen LogP contribution in [0.1, 0.15) is 44.7 Å². The zero-order valence-electron chi connectivity index (χ0n) is 14.3. The van der Waals surface area contributed by atoms with Gasteiger partial charge in [-0.3, -0.25) is 4.79 Å². The molecule has 1 aliphatic heterocycles. The van der Waals surface area contributed by atoms with Crippen molar-refractivity contribution in [3.8, 4) is 0 Å². The van der Waals surface area contributed by atoms with E-state index in [-0.39, 0.29) is 17.2 Å². The van der Waals surface area contributed by atoms with Crippen LogP contribution in [0.3, 0.4) is 0 Å². The minimum absolute atomic E-state index is 0.0209. The fourth-order valence-electron chi connectivity index (χ4n) is 2.93. The maximum Gasteiger partial charge on any atom is 0.243 e. The van der Waals surface area contributed by atoms with Crippen molar-refractivity contribution in [3.05, 3.63) is 29.3 Å². The van der Waals surface area contributed by atoms with Crippen LogP contribution in [-0.4, -0.2) is 31.7 Å². The van der Waals surface area contributed by atoms with E-state index in [4.69, 9.17) is 5.73 Å². The Morgan fingerprint density at radius 3 is 2.22 bits per heavy atom. The molecule has 0 bridgehead atoms.